The van der Waals surface area contributed by atoms with E-state index < -0.39 is 17.9 Å². The maximum absolute atomic E-state index is 12.2. The van der Waals surface area contributed by atoms with Gasteiger partial charge in [0.2, 0.25) is 0 Å². The van der Waals surface area contributed by atoms with Crippen LogP contribution in [0.15, 0.2) is 42.5 Å². The fourth-order valence-corrected chi connectivity index (χ4v) is 2.76. The molecule has 1 aliphatic carbocycles. The minimum absolute atomic E-state index is 0.0296. The predicted octanol–water partition coefficient (Wildman–Crippen LogP) is 3.36. The maximum Gasteiger partial charge on any atom is 0.334 e. The molecule has 1 N–H and O–H groups in total. The van der Waals surface area contributed by atoms with Crippen molar-refractivity contribution in [3.05, 3.63) is 48.0 Å². The van der Waals surface area contributed by atoms with Crippen molar-refractivity contribution in [2.24, 2.45) is 5.92 Å². The number of benzene rings is 1. The molecule has 118 valence electrons. The van der Waals surface area contributed by atoms with Crippen LogP contribution in [0.4, 0.5) is 0 Å². The quantitative estimate of drug-likeness (QED) is 0.646. The van der Waals surface area contributed by atoms with Gasteiger partial charge in [0.25, 0.3) is 0 Å². The number of carboxylic acids is 1. The van der Waals surface area contributed by atoms with E-state index in [-0.39, 0.29) is 18.1 Å². The molecule has 22 heavy (non-hydrogen) atoms. The molecule has 0 saturated heterocycles. The van der Waals surface area contributed by atoms with Gasteiger partial charge in [-0.15, -0.1) is 0 Å². The number of hydrogen-bond donors (Lipinski definition) is 1. The van der Waals surface area contributed by atoms with Crippen LogP contribution >= 0.6 is 0 Å². The Morgan fingerprint density at radius 3 is 2.41 bits per heavy atom. The molecule has 2 rings (SSSR count). The minimum atomic E-state index is -1.05. The van der Waals surface area contributed by atoms with Crippen LogP contribution in [0.1, 0.15) is 37.7 Å². The van der Waals surface area contributed by atoms with E-state index in [1.165, 1.54) is 6.42 Å². The number of hydrogen-bond acceptors (Lipinski definition) is 3. The molecule has 0 aliphatic heterocycles. The molecule has 4 nitrogen and oxygen atoms in total. The van der Waals surface area contributed by atoms with Gasteiger partial charge in [0.1, 0.15) is 6.10 Å². The largest absolute Gasteiger partial charge is 0.481 e. The fraction of sp³-hybridized carbons (Fsp3) is 0.444. The van der Waals surface area contributed by atoms with Gasteiger partial charge in [0.05, 0.1) is 5.92 Å². The summed E-state index contributed by atoms with van der Waals surface area (Å²) in [5.41, 5.74) is 0.892. The van der Waals surface area contributed by atoms with E-state index in [1.54, 1.807) is 0 Å². The van der Waals surface area contributed by atoms with Gasteiger partial charge in [-0.25, -0.2) is 4.79 Å². The predicted molar refractivity (Wildman–Crippen MR) is 83.4 cm³/mol. The van der Waals surface area contributed by atoms with Gasteiger partial charge in [-0.3, -0.25) is 4.79 Å². The lowest BCUT2D eigenvalue weighted by Gasteiger charge is -2.23. The first kappa shape index (κ1) is 16.3. The van der Waals surface area contributed by atoms with E-state index in [1.807, 2.05) is 30.3 Å². The number of aliphatic carboxylic acids is 1. The molecule has 1 aromatic rings. The second kappa shape index (κ2) is 7.78. The van der Waals surface area contributed by atoms with Crippen LogP contribution in [0.2, 0.25) is 0 Å². The van der Waals surface area contributed by atoms with Crippen molar-refractivity contribution in [3.8, 4) is 0 Å². The van der Waals surface area contributed by atoms with Crippen molar-refractivity contribution < 1.29 is 19.4 Å². The van der Waals surface area contributed by atoms with Gasteiger partial charge in [-0.05, 0) is 37.7 Å². The molecule has 1 aromatic carbocycles. The first-order valence-corrected chi connectivity index (χ1v) is 7.74. The average Bonchev–Trinajstić information content (AvgIpc) is 2.53. The molecule has 0 aromatic heterocycles. The number of esters is 1. The molecule has 1 atom stereocenters. The van der Waals surface area contributed by atoms with Crippen molar-refractivity contribution in [1.82, 2.24) is 0 Å². The van der Waals surface area contributed by atoms with Crippen molar-refractivity contribution in [3.63, 3.8) is 0 Å². The summed E-state index contributed by atoms with van der Waals surface area (Å²) < 4.78 is 5.42. The summed E-state index contributed by atoms with van der Waals surface area (Å²) in [6.07, 6.45) is 5.14. The Hall–Kier alpha value is -2.10. The fourth-order valence-electron chi connectivity index (χ4n) is 2.76. The van der Waals surface area contributed by atoms with Crippen LogP contribution in [0.25, 0.3) is 0 Å². The summed E-state index contributed by atoms with van der Waals surface area (Å²) >= 11 is 0. The zero-order valence-corrected chi connectivity index (χ0v) is 12.7. The summed E-state index contributed by atoms with van der Waals surface area (Å²) in [6, 6.07) is 9.24. The number of carboxylic acid groups (broad SMARTS) is 1. The maximum atomic E-state index is 12.2. The highest BCUT2D eigenvalue weighted by molar-refractivity contribution is 5.94. The molecule has 4 heteroatoms. The van der Waals surface area contributed by atoms with Gasteiger partial charge in [0, 0.05) is 5.57 Å². The molecule has 1 unspecified atom stereocenters. The Labute approximate surface area is 130 Å². The first-order valence-electron chi connectivity index (χ1n) is 7.74. The molecule has 1 fully saturated rings. The molecule has 0 heterocycles. The van der Waals surface area contributed by atoms with Crippen LogP contribution in [0, 0.1) is 5.92 Å². The van der Waals surface area contributed by atoms with Crippen LogP contribution < -0.4 is 0 Å². The summed E-state index contributed by atoms with van der Waals surface area (Å²) in [4.78, 5) is 23.6. The molecule has 0 bridgehead atoms. The van der Waals surface area contributed by atoms with Crippen molar-refractivity contribution in [2.45, 2.75) is 44.6 Å². The third kappa shape index (κ3) is 4.45. The van der Waals surface area contributed by atoms with Crippen molar-refractivity contribution in [1.29, 1.82) is 0 Å². The Morgan fingerprint density at radius 1 is 1.18 bits per heavy atom. The van der Waals surface area contributed by atoms with Crippen LogP contribution in [-0.4, -0.2) is 23.1 Å². The van der Waals surface area contributed by atoms with Gasteiger partial charge in [-0.2, -0.15) is 0 Å². The lowest BCUT2D eigenvalue weighted by molar-refractivity contribution is -0.150. The van der Waals surface area contributed by atoms with E-state index in [0.29, 0.717) is 0 Å². The topological polar surface area (TPSA) is 63.6 Å². The first-order chi connectivity index (χ1) is 10.6. The van der Waals surface area contributed by atoms with Gasteiger partial charge >= 0.3 is 11.9 Å². The Balaban J connectivity index is 1.99. The Kier molecular flexibility index (Phi) is 5.75. The van der Waals surface area contributed by atoms with E-state index >= 15 is 0 Å². The lowest BCUT2D eigenvalue weighted by Crippen LogP contribution is -2.28. The van der Waals surface area contributed by atoms with Gasteiger partial charge in [-0.1, -0.05) is 43.3 Å². The highest BCUT2D eigenvalue weighted by Crippen LogP contribution is 2.23. The van der Waals surface area contributed by atoms with Crippen LogP contribution in [0.5, 0.6) is 0 Å². The molecule has 1 aliphatic rings. The van der Waals surface area contributed by atoms with Gasteiger partial charge < -0.3 is 9.84 Å². The normalized spacial score (nSPS) is 16.7. The smallest absolute Gasteiger partial charge is 0.334 e. The Bertz CT molecular complexity index is 529. The zero-order valence-electron chi connectivity index (χ0n) is 12.7. The van der Waals surface area contributed by atoms with Crippen LogP contribution in [0.3, 0.4) is 0 Å². The minimum Gasteiger partial charge on any atom is -0.481 e. The highest BCUT2D eigenvalue weighted by Gasteiger charge is 2.29. The average molecular weight is 302 g/mol. The highest BCUT2D eigenvalue weighted by atomic mass is 16.5. The van der Waals surface area contributed by atoms with E-state index in [2.05, 4.69) is 6.58 Å². The molecule has 0 radical (unpaired) electrons. The summed E-state index contributed by atoms with van der Waals surface area (Å²) in [6.45, 7) is 3.68. The standard InChI is InChI=1S/C18H22O4/c1-13(18(21)22-15-10-6-3-7-11-15)16(17(19)20)12-14-8-4-2-5-9-14/h2,4-5,8-9,15-16H,1,3,6-7,10-12H2,(H,19,20). The molecule has 0 spiro atoms. The van der Waals surface area contributed by atoms with Gasteiger partial charge in [0.15, 0.2) is 0 Å². The van der Waals surface area contributed by atoms with Crippen LogP contribution in [-0.2, 0) is 20.7 Å². The SMILES string of the molecule is C=C(C(=O)OC1CCCCC1)C(Cc1ccccc1)C(=O)O. The second-order valence-corrected chi connectivity index (χ2v) is 5.77. The van der Waals surface area contributed by atoms with E-state index in [0.717, 1.165) is 31.2 Å². The monoisotopic (exact) mass is 302 g/mol. The second-order valence-electron chi connectivity index (χ2n) is 5.77. The molecule has 1 saturated carbocycles. The van der Waals surface area contributed by atoms with E-state index in [4.69, 9.17) is 4.74 Å². The number of carbonyl (C=O) groups excluding carboxylic acids is 1. The zero-order chi connectivity index (χ0) is 15.9. The molecular formula is C18H22O4. The summed E-state index contributed by atoms with van der Waals surface area (Å²) in [7, 11) is 0. The summed E-state index contributed by atoms with van der Waals surface area (Å²) in [5, 5.41) is 9.39. The third-order valence-corrected chi connectivity index (χ3v) is 4.09. The molecule has 0 amide bonds. The Morgan fingerprint density at radius 2 is 1.82 bits per heavy atom. The number of rotatable bonds is 6. The third-order valence-electron chi connectivity index (χ3n) is 4.09. The van der Waals surface area contributed by atoms with Crippen molar-refractivity contribution in [2.75, 3.05) is 0 Å². The number of carbonyl (C=O) groups is 2. The van der Waals surface area contributed by atoms with E-state index in [9.17, 15) is 14.7 Å². The summed E-state index contributed by atoms with van der Waals surface area (Å²) in [5.74, 6) is -2.57. The molecular weight excluding hydrogens is 280 g/mol. The van der Waals surface area contributed by atoms with Crippen molar-refractivity contribution >= 4 is 11.9 Å². The number of ether oxygens (including phenoxy) is 1. The lowest BCUT2D eigenvalue weighted by atomic mass is 9.92.